The Morgan fingerprint density at radius 2 is 1.77 bits per heavy atom. The third-order valence-electron chi connectivity index (χ3n) is 4.64. The summed E-state index contributed by atoms with van der Waals surface area (Å²) in [6.45, 7) is 6.04. The number of nitrogens with one attached hydrogen (secondary N) is 1. The highest BCUT2D eigenvalue weighted by atomic mass is 16.5. The predicted molar refractivity (Wildman–Crippen MR) is 89.4 cm³/mol. The van der Waals surface area contributed by atoms with E-state index in [9.17, 15) is 5.11 Å². The van der Waals surface area contributed by atoms with Gasteiger partial charge < -0.3 is 15.2 Å². The zero-order chi connectivity index (χ0) is 15.5. The quantitative estimate of drug-likeness (QED) is 0.908. The molecular weight excluding hydrogens is 276 g/mol. The zero-order valence-electron chi connectivity index (χ0n) is 13.2. The Kier molecular flexibility index (Phi) is 4.62. The van der Waals surface area contributed by atoms with E-state index in [0.29, 0.717) is 0 Å². The minimum absolute atomic E-state index is 0.0962. The molecule has 0 aromatic heterocycles. The average molecular weight is 300 g/mol. The minimum Gasteiger partial charge on any atom is -0.496 e. The van der Waals surface area contributed by atoms with Crippen LogP contribution in [0.3, 0.4) is 0 Å². The first-order valence-corrected chi connectivity index (χ1v) is 7.91. The lowest BCUT2D eigenvalue weighted by atomic mass is 9.95. The molecule has 4 nitrogen and oxygen atoms in total. The summed E-state index contributed by atoms with van der Waals surface area (Å²) in [6, 6.07) is 12.1. The third kappa shape index (κ3) is 2.82. The highest BCUT2D eigenvalue weighted by molar-refractivity contribution is 5.91. The van der Waals surface area contributed by atoms with E-state index < -0.39 is 6.10 Å². The van der Waals surface area contributed by atoms with Crippen molar-refractivity contribution in [3.8, 4) is 5.75 Å². The molecule has 1 aliphatic rings. The van der Waals surface area contributed by atoms with Crippen molar-refractivity contribution in [3.63, 3.8) is 0 Å². The van der Waals surface area contributed by atoms with E-state index in [4.69, 9.17) is 4.74 Å². The van der Waals surface area contributed by atoms with Gasteiger partial charge in [0.2, 0.25) is 0 Å². The SMILES string of the molecule is COc1ccc(C(O)C(C)N2CCNCC2)c2ccccc12. The van der Waals surface area contributed by atoms with Crippen molar-refractivity contribution in [2.75, 3.05) is 33.3 Å². The monoisotopic (exact) mass is 300 g/mol. The number of benzene rings is 2. The molecule has 2 N–H and O–H groups in total. The van der Waals surface area contributed by atoms with Crippen LogP contribution in [-0.2, 0) is 0 Å². The summed E-state index contributed by atoms with van der Waals surface area (Å²) in [6.07, 6.45) is -0.506. The summed E-state index contributed by atoms with van der Waals surface area (Å²) >= 11 is 0. The first-order valence-electron chi connectivity index (χ1n) is 7.91. The first-order chi connectivity index (χ1) is 10.7. The fourth-order valence-electron chi connectivity index (χ4n) is 3.28. The second kappa shape index (κ2) is 6.65. The van der Waals surface area contributed by atoms with Crippen LogP contribution >= 0.6 is 0 Å². The molecule has 2 aromatic carbocycles. The largest absolute Gasteiger partial charge is 0.496 e. The van der Waals surface area contributed by atoms with Crippen LogP contribution in [0.5, 0.6) is 5.75 Å². The van der Waals surface area contributed by atoms with E-state index in [0.717, 1.165) is 48.3 Å². The number of aliphatic hydroxyl groups is 1. The van der Waals surface area contributed by atoms with E-state index in [1.807, 2.05) is 30.3 Å². The number of methoxy groups -OCH3 is 1. The number of aliphatic hydroxyl groups excluding tert-OH is 1. The molecule has 118 valence electrons. The second-order valence-corrected chi connectivity index (χ2v) is 5.87. The molecule has 0 amide bonds. The lowest BCUT2D eigenvalue weighted by Gasteiger charge is -2.35. The van der Waals surface area contributed by atoms with Gasteiger partial charge in [-0.05, 0) is 23.9 Å². The molecule has 22 heavy (non-hydrogen) atoms. The maximum atomic E-state index is 10.9. The van der Waals surface area contributed by atoms with Crippen LogP contribution in [0.1, 0.15) is 18.6 Å². The van der Waals surface area contributed by atoms with Gasteiger partial charge in [0, 0.05) is 37.6 Å². The molecule has 0 saturated carbocycles. The fraction of sp³-hybridized carbons (Fsp3) is 0.444. The molecule has 4 heteroatoms. The van der Waals surface area contributed by atoms with Crippen LogP contribution in [-0.4, -0.2) is 49.3 Å². The summed E-state index contributed by atoms with van der Waals surface area (Å²) in [5, 5.41) is 16.4. The van der Waals surface area contributed by atoms with E-state index in [2.05, 4.69) is 23.2 Å². The van der Waals surface area contributed by atoms with Crippen LogP contribution in [0.25, 0.3) is 10.8 Å². The normalized spacial score (nSPS) is 19.0. The number of ether oxygens (including phenoxy) is 1. The molecular formula is C18H24N2O2. The molecule has 1 aliphatic heterocycles. The van der Waals surface area contributed by atoms with Gasteiger partial charge >= 0.3 is 0 Å². The van der Waals surface area contributed by atoms with Gasteiger partial charge in [-0.25, -0.2) is 0 Å². The van der Waals surface area contributed by atoms with Crippen molar-refractivity contribution in [1.82, 2.24) is 10.2 Å². The molecule has 2 atom stereocenters. The van der Waals surface area contributed by atoms with Crippen molar-refractivity contribution in [3.05, 3.63) is 42.0 Å². The van der Waals surface area contributed by atoms with Crippen molar-refractivity contribution in [1.29, 1.82) is 0 Å². The first kappa shape index (κ1) is 15.3. The Bertz CT molecular complexity index is 638. The standard InChI is InChI=1S/C18H24N2O2/c1-13(20-11-9-19-10-12-20)18(21)16-7-8-17(22-2)15-6-4-3-5-14(15)16/h3-8,13,18-19,21H,9-12H2,1-2H3. The van der Waals surface area contributed by atoms with Crippen molar-refractivity contribution in [2.24, 2.45) is 0 Å². The topological polar surface area (TPSA) is 44.7 Å². The van der Waals surface area contributed by atoms with Crippen LogP contribution < -0.4 is 10.1 Å². The van der Waals surface area contributed by atoms with Crippen molar-refractivity contribution in [2.45, 2.75) is 19.1 Å². The summed E-state index contributed by atoms with van der Waals surface area (Å²) in [5.41, 5.74) is 0.974. The molecule has 0 bridgehead atoms. The summed E-state index contributed by atoms with van der Waals surface area (Å²) in [4.78, 5) is 2.35. The van der Waals surface area contributed by atoms with Gasteiger partial charge in [-0.3, -0.25) is 4.90 Å². The fourth-order valence-corrected chi connectivity index (χ4v) is 3.28. The highest BCUT2D eigenvalue weighted by Crippen LogP contribution is 2.33. The molecule has 1 fully saturated rings. The zero-order valence-corrected chi connectivity index (χ0v) is 13.2. The smallest absolute Gasteiger partial charge is 0.126 e. The van der Waals surface area contributed by atoms with Gasteiger partial charge in [0.1, 0.15) is 5.75 Å². The Hall–Kier alpha value is -1.62. The van der Waals surface area contributed by atoms with Crippen LogP contribution in [0, 0.1) is 0 Å². The second-order valence-electron chi connectivity index (χ2n) is 5.87. The number of hydrogen-bond donors (Lipinski definition) is 2. The Labute approximate surface area is 131 Å². The Morgan fingerprint density at radius 1 is 1.09 bits per heavy atom. The highest BCUT2D eigenvalue weighted by Gasteiger charge is 2.25. The molecule has 0 radical (unpaired) electrons. The molecule has 0 aliphatic carbocycles. The third-order valence-corrected chi connectivity index (χ3v) is 4.64. The van der Waals surface area contributed by atoms with E-state index >= 15 is 0 Å². The average Bonchev–Trinajstić information content (AvgIpc) is 2.60. The summed E-state index contributed by atoms with van der Waals surface area (Å²) in [7, 11) is 1.68. The summed E-state index contributed by atoms with van der Waals surface area (Å²) in [5.74, 6) is 0.848. The van der Waals surface area contributed by atoms with Gasteiger partial charge in [-0.1, -0.05) is 30.3 Å². The maximum absolute atomic E-state index is 10.9. The van der Waals surface area contributed by atoms with Crippen molar-refractivity contribution >= 4 is 10.8 Å². The molecule has 2 aromatic rings. The Morgan fingerprint density at radius 3 is 2.45 bits per heavy atom. The molecule has 2 unspecified atom stereocenters. The number of nitrogens with zero attached hydrogens (tertiary/aromatic N) is 1. The molecule has 1 saturated heterocycles. The number of piperazine rings is 1. The van der Waals surface area contributed by atoms with E-state index in [-0.39, 0.29) is 6.04 Å². The number of rotatable bonds is 4. The van der Waals surface area contributed by atoms with E-state index in [1.54, 1.807) is 7.11 Å². The van der Waals surface area contributed by atoms with Gasteiger partial charge in [-0.2, -0.15) is 0 Å². The van der Waals surface area contributed by atoms with Gasteiger partial charge in [0.25, 0.3) is 0 Å². The lowest BCUT2D eigenvalue weighted by molar-refractivity contribution is 0.0519. The molecule has 3 rings (SSSR count). The Balaban J connectivity index is 1.95. The molecule has 1 heterocycles. The maximum Gasteiger partial charge on any atom is 0.126 e. The number of hydrogen-bond acceptors (Lipinski definition) is 4. The van der Waals surface area contributed by atoms with Crippen LogP contribution in [0.4, 0.5) is 0 Å². The van der Waals surface area contributed by atoms with Crippen LogP contribution in [0.15, 0.2) is 36.4 Å². The van der Waals surface area contributed by atoms with Crippen LogP contribution in [0.2, 0.25) is 0 Å². The lowest BCUT2D eigenvalue weighted by Crippen LogP contribution is -2.49. The van der Waals surface area contributed by atoms with E-state index in [1.165, 1.54) is 0 Å². The molecule has 0 spiro atoms. The predicted octanol–water partition coefficient (Wildman–Crippen LogP) is 2.18. The van der Waals surface area contributed by atoms with Gasteiger partial charge in [-0.15, -0.1) is 0 Å². The van der Waals surface area contributed by atoms with Gasteiger partial charge in [0.15, 0.2) is 0 Å². The minimum atomic E-state index is -0.506. The van der Waals surface area contributed by atoms with Crippen molar-refractivity contribution < 1.29 is 9.84 Å². The van der Waals surface area contributed by atoms with Gasteiger partial charge in [0.05, 0.1) is 13.2 Å². The summed E-state index contributed by atoms with van der Waals surface area (Å²) < 4.78 is 5.44. The number of fused-ring (bicyclic) bond motifs is 1.